The van der Waals surface area contributed by atoms with Gasteiger partial charge in [-0.25, -0.2) is 4.52 Å². The molecule has 160 valence electrons. The van der Waals surface area contributed by atoms with Crippen molar-refractivity contribution in [3.05, 3.63) is 78.0 Å². The van der Waals surface area contributed by atoms with Gasteiger partial charge in [0.05, 0.1) is 17.8 Å². The highest BCUT2D eigenvalue weighted by Gasteiger charge is 2.24. The van der Waals surface area contributed by atoms with Gasteiger partial charge in [0, 0.05) is 39.9 Å². The van der Waals surface area contributed by atoms with Crippen LogP contribution in [-0.4, -0.2) is 31.0 Å². The average molecular weight is 544 g/mol. The second-order valence-electron chi connectivity index (χ2n) is 6.82. The maximum atomic E-state index is 13.0. The molecule has 4 rings (SSSR count). The normalized spacial score (nSPS) is 11.2. The third-order valence-corrected chi connectivity index (χ3v) is 4.91. The summed E-state index contributed by atoms with van der Waals surface area (Å²) >= 11 is 0.981. The Morgan fingerprint density at radius 3 is 2.72 bits per heavy atom. The molecule has 10 heteroatoms. The number of halogens is 3. The Morgan fingerprint density at radius 2 is 1.94 bits per heavy atom. The van der Waals surface area contributed by atoms with Gasteiger partial charge in [0.15, 0.2) is 5.65 Å². The van der Waals surface area contributed by atoms with Gasteiger partial charge in [0.25, 0.3) is 5.91 Å². The van der Waals surface area contributed by atoms with Gasteiger partial charge >= 0.3 is 3.93 Å². The SMILES string of the molecule is N#Cc1ccccc1Nc1nc2ccc(-c3cccc(C(=O)NCC(F)(F)I)c3)cn2n1. The van der Waals surface area contributed by atoms with Gasteiger partial charge in [-0.1, -0.05) is 24.3 Å². The Kier molecular flexibility index (Phi) is 6.00. The standard InChI is InChI=1S/C22H15F2IN6O/c23-22(24,25)13-27-20(32)15-6-3-5-14(10-15)17-8-9-19-29-21(30-31(19)12-17)28-18-7-2-1-4-16(18)11-26/h1-10,12H,13H2,(H,27,32)(H,28,30). The molecule has 0 unspecified atom stereocenters. The van der Waals surface area contributed by atoms with Crippen LogP contribution in [0, 0.1) is 11.3 Å². The maximum Gasteiger partial charge on any atom is 0.313 e. The second-order valence-corrected chi connectivity index (χ2v) is 8.40. The first-order valence-electron chi connectivity index (χ1n) is 9.40. The first-order chi connectivity index (χ1) is 15.3. The number of hydrogen-bond donors (Lipinski definition) is 2. The van der Waals surface area contributed by atoms with Crippen molar-refractivity contribution in [2.75, 3.05) is 11.9 Å². The van der Waals surface area contributed by atoms with Crippen LogP contribution in [-0.2, 0) is 0 Å². The minimum atomic E-state index is -3.01. The number of alkyl halides is 3. The summed E-state index contributed by atoms with van der Waals surface area (Å²) in [7, 11) is 0. The molecule has 2 heterocycles. The highest BCUT2D eigenvalue weighted by atomic mass is 127. The quantitative estimate of drug-likeness (QED) is 0.270. The van der Waals surface area contributed by atoms with E-state index in [-0.39, 0.29) is 5.56 Å². The summed E-state index contributed by atoms with van der Waals surface area (Å²) in [6.45, 7) is -0.744. The van der Waals surface area contributed by atoms with E-state index in [2.05, 4.69) is 26.8 Å². The van der Waals surface area contributed by atoms with Gasteiger partial charge in [-0.05, 0) is 42.0 Å². The highest BCUT2D eigenvalue weighted by Crippen LogP contribution is 2.24. The predicted octanol–water partition coefficient (Wildman–Crippen LogP) is 4.77. The van der Waals surface area contributed by atoms with Crippen LogP contribution < -0.4 is 10.6 Å². The molecule has 0 atom stereocenters. The maximum absolute atomic E-state index is 13.0. The molecular formula is C22H15F2IN6O. The number of carbonyl (C=O) groups is 1. The number of amides is 1. The van der Waals surface area contributed by atoms with E-state index in [1.54, 1.807) is 59.2 Å². The fourth-order valence-corrected chi connectivity index (χ4v) is 3.23. The molecule has 0 radical (unpaired) electrons. The first-order valence-corrected chi connectivity index (χ1v) is 10.5. The molecule has 2 aromatic carbocycles. The van der Waals surface area contributed by atoms with Gasteiger partial charge < -0.3 is 10.6 Å². The summed E-state index contributed by atoms with van der Waals surface area (Å²) in [6, 6.07) is 19.4. The molecule has 7 nitrogen and oxygen atoms in total. The summed E-state index contributed by atoms with van der Waals surface area (Å²) in [5.41, 5.74) is 3.42. The lowest BCUT2D eigenvalue weighted by atomic mass is 10.0. The molecule has 0 spiro atoms. The minimum absolute atomic E-state index is 0.275. The van der Waals surface area contributed by atoms with Crippen LogP contribution >= 0.6 is 22.6 Å². The monoisotopic (exact) mass is 544 g/mol. The number of nitrogens with zero attached hydrogens (tertiary/aromatic N) is 4. The lowest BCUT2D eigenvalue weighted by molar-refractivity contribution is 0.0862. The summed E-state index contributed by atoms with van der Waals surface area (Å²) in [4.78, 5) is 16.6. The van der Waals surface area contributed by atoms with E-state index in [9.17, 15) is 18.8 Å². The van der Waals surface area contributed by atoms with Crippen LogP contribution in [0.4, 0.5) is 20.4 Å². The first kappa shape index (κ1) is 21.6. The van der Waals surface area contributed by atoms with E-state index in [4.69, 9.17) is 0 Å². The van der Waals surface area contributed by atoms with Crippen LogP contribution in [0.2, 0.25) is 0 Å². The number of nitrogens with one attached hydrogen (secondary N) is 2. The van der Waals surface area contributed by atoms with E-state index in [0.717, 1.165) is 33.7 Å². The van der Waals surface area contributed by atoms with Gasteiger partial charge in [-0.2, -0.15) is 19.0 Å². The molecule has 0 aliphatic heterocycles. The molecule has 2 N–H and O–H groups in total. The fraction of sp³-hybridized carbons (Fsp3) is 0.0909. The molecule has 0 fully saturated rings. The Hall–Kier alpha value is -3.59. The third-order valence-electron chi connectivity index (χ3n) is 4.53. The zero-order valence-corrected chi connectivity index (χ0v) is 18.5. The molecule has 4 aromatic rings. The van der Waals surface area contributed by atoms with Crippen molar-refractivity contribution >= 4 is 45.8 Å². The van der Waals surface area contributed by atoms with Crippen molar-refractivity contribution in [1.29, 1.82) is 5.26 Å². The molecule has 32 heavy (non-hydrogen) atoms. The summed E-state index contributed by atoms with van der Waals surface area (Å²) in [5, 5.41) is 18.9. The second kappa shape index (κ2) is 8.88. The average Bonchev–Trinajstić information content (AvgIpc) is 3.19. The molecule has 0 aliphatic rings. The number of benzene rings is 2. The lowest BCUT2D eigenvalue weighted by Gasteiger charge is -2.10. The van der Waals surface area contributed by atoms with Gasteiger partial charge in [-0.3, -0.25) is 4.79 Å². The van der Waals surface area contributed by atoms with Crippen molar-refractivity contribution in [2.45, 2.75) is 3.93 Å². The van der Waals surface area contributed by atoms with Crippen LogP contribution in [0.15, 0.2) is 66.9 Å². The number of para-hydroxylation sites is 1. The Balaban J connectivity index is 1.58. The van der Waals surface area contributed by atoms with Crippen LogP contribution in [0.3, 0.4) is 0 Å². The lowest BCUT2D eigenvalue weighted by Crippen LogP contribution is -2.32. The number of anilines is 2. The molecule has 0 aliphatic carbocycles. The molecule has 0 saturated heterocycles. The Bertz CT molecular complexity index is 1340. The summed E-state index contributed by atoms with van der Waals surface area (Å²) in [5.74, 6) is -0.245. The van der Waals surface area contributed by atoms with E-state index in [0.29, 0.717) is 22.8 Å². The van der Waals surface area contributed by atoms with Crippen LogP contribution in [0.5, 0.6) is 0 Å². The van der Waals surface area contributed by atoms with Crippen molar-refractivity contribution in [3.8, 4) is 17.2 Å². The number of pyridine rings is 1. The molecule has 0 saturated carbocycles. The topological polar surface area (TPSA) is 95.1 Å². The molecular weight excluding hydrogens is 529 g/mol. The molecule has 1 amide bonds. The fourth-order valence-electron chi connectivity index (χ4n) is 3.04. The number of aromatic nitrogens is 3. The number of nitriles is 1. The Labute approximate surface area is 195 Å². The molecule has 0 bridgehead atoms. The largest absolute Gasteiger partial charge is 0.345 e. The van der Waals surface area contributed by atoms with Crippen LogP contribution in [0.25, 0.3) is 16.8 Å². The van der Waals surface area contributed by atoms with Crippen molar-refractivity contribution in [3.63, 3.8) is 0 Å². The number of hydrogen-bond acceptors (Lipinski definition) is 5. The van der Waals surface area contributed by atoms with E-state index in [1.807, 2.05) is 12.1 Å². The van der Waals surface area contributed by atoms with Crippen LogP contribution in [0.1, 0.15) is 15.9 Å². The van der Waals surface area contributed by atoms with Gasteiger partial charge in [0.2, 0.25) is 5.95 Å². The van der Waals surface area contributed by atoms with E-state index >= 15 is 0 Å². The number of carbonyl (C=O) groups excluding carboxylic acids is 1. The van der Waals surface area contributed by atoms with Gasteiger partial charge in [-0.15, -0.1) is 5.10 Å². The summed E-state index contributed by atoms with van der Waals surface area (Å²) in [6.07, 6.45) is 1.75. The molecule has 2 aromatic heterocycles. The van der Waals surface area contributed by atoms with E-state index < -0.39 is 16.4 Å². The van der Waals surface area contributed by atoms with Crippen molar-refractivity contribution in [1.82, 2.24) is 19.9 Å². The minimum Gasteiger partial charge on any atom is -0.345 e. The summed E-state index contributed by atoms with van der Waals surface area (Å²) < 4.78 is 24.6. The Morgan fingerprint density at radius 1 is 1.12 bits per heavy atom. The number of rotatable bonds is 6. The number of fused-ring (bicyclic) bond motifs is 1. The van der Waals surface area contributed by atoms with E-state index in [1.165, 1.54) is 0 Å². The zero-order chi connectivity index (χ0) is 22.7. The van der Waals surface area contributed by atoms with Gasteiger partial charge in [0.1, 0.15) is 6.07 Å². The highest BCUT2D eigenvalue weighted by molar-refractivity contribution is 14.1. The smallest absolute Gasteiger partial charge is 0.313 e. The van der Waals surface area contributed by atoms with Crippen molar-refractivity contribution < 1.29 is 13.6 Å². The zero-order valence-electron chi connectivity index (χ0n) is 16.4. The third kappa shape index (κ3) is 5.00. The predicted molar refractivity (Wildman–Crippen MR) is 124 cm³/mol. The van der Waals surface area contributed by atoms with Crippen molar-refractivity contribution in [2.24, 2.45) is 0 Å².